The number of benzene rings is 1. The summed E-state index contributed by atoms with van der Waals surface area (Å²) in [5.41, 5.74) is 2.43. The summed E-state index contributed by atoms with van der Waals surface area (Å²) in [6, 6.07) is 5.83. The lowest BCUT2D eigenvalue weighted by Gasteiger charge is -2.31. The van der Waals surface area contributed by atoms with Gasteiger partial charge in [0.05, 0.1) is 12.0 Å². The summed E-state index contributed by atoms with van der Waals surface area (Å²) in [5.74, 6) is -1.02. The molecular formula is C17H23NO3. The lowest BCUT2D eigenvalue weighted by molar-refractivity contribution is -0.138. The van der Waals surface area contributed by atoms with Crippen LogP contribution < -0.4 is 5.32 Å². The van der Waals surface area contributed by atoms with Gasteiger partial charge in [-0.1, -0.05) is 26.0 Å². The van der Waals surface area contributed by atoms with Gasteiger partial charge in [-0.3, -0.25) is 9.59 Å². The Hall–Kier alpha value is -1.84. The summed E-state index contributed by atoms with van der Waals surface area (Å²) < 4.78 is 0. The first kappa shape index (κ1) is 15.5. The summed E-state index contributed by atoms with van der Waals surface area (Å²) >= 11 is 0. The van der Waals surface area contributed by atoms with Gasteiger partial charge in [0.25, 0.3) is 5.91 Å². The highest BCUT2D eigenvalue weighted by molar-refractivity contribution is 5.97. The third-order valence-corrected chi connectivity index (χ3v) is 4.61. The first-order chi connectivity index (χ1) is 10.0. The minimum atomic E-state index is -0.878. The number of carboxylic acid groups (broad SMARTS) is 1. The van der Waals surface area contributed by atoms with Crippen LogP contribution in [0, 0.1) is 0 Å². The maximum Gasteiger partial charge on any atom is 0.305 e. The number of aliphatic carboxylic acids is 1. The Morgan fingerprint density at radius 2 is 1.95 bits per heavy atom. The average Bonchev–Trinajstić information content (AvgIpc) is 2.94. The zero-order valence-electron chi connectivity index (χ0n) is 12.7. The van der Waals surface area contributed by atoms with Crippen molar-refractivity contribution in [3.63, 3.8) is 0 Å². The number of aryl methyl sites for hydroxylation is 1. The molecule has 0 heterocycles. The van der Waals surface area contributed by atoms with Gasteiger partial charge < -0.3 is 10.4 Å². The summed E-state index contributed by atoms with van der Waals surface area (Å²) in [6.07, 6.45) is 4.22. The second-order valence-corrected chi connectivity index (χ2v) is 5.81. The van der Waals surface area contributed by atoms with Crippen LogP contribution in [-0.4, -0.2) is 22.5 Å². The molecule has 0 spiro atoms. The highest BCUT2D eigenvalue weighted by Gasteiger charge is 2.32. The van der Waals surface area contributed by atoms with Crippen molar-refractivity contribution in [2.45, 2.75) is 57.9 Å². The van der Waals surface area contributed by atoms with Crippen molar-refractivity contribution in [2.75, 3.05) is 0 Å². The molecule has 0 radical (unpaired) electrons. The topological polar surface area (TPSA) is 66.4 Å². The molecule has 0 aromatic heterocycles. The molecule has 4 heteroatoms. The van der Waals surface area contributed by atoms with Crippen LogP contribution in [0.25, 0.3) is 0 Å². The summed E-state index contributed by atoms with van der Waals surface area (Å²) in [5, 5.41) is 12.1. The number of carbonyl (C=O) groups is 2. The average molecular weight is 289 g/mol. The van der Waals surface area contributed by atoms with Crippen LogP contribution in [0.4, 0.5) is 0 Å². The second kappa shape index (κ2) is 6.29. The molecule has 0 saturated heterocycles. The normalized spacial score (nSPS) is 13.8. The van der Waals surface area contributed by atoms with E-state index < -0.39 is 11.5 Å². The van der Waals surface area contributed by atoms with Crippen molar-refractivity contribution in [2.24, 2.45) is 0 Å². The molecule has 0 aliphatic heterocycles. The van der Waals surface area contributed by atoms with Gasteiger partial charge in [-0.25, -0.2) is 0 Å². The van der Waals surface area contributed by atoms with Gasteiger partial charge >= 0.3 is 5.97 Å². The molecule has 1 aliphatic rings. The van der Waals surface area contributed by atoms with Gasteiger partial charge in [-0.2, -0.15) is 0 Å². The predicted octanol–water partition coefficient (Wildman–Crippen LogP) is 2.94. The Balaban J connectivity index is 2.24. The Labute approximate surface area is 125 Å². The fourth-order valence-corrected chi connectivity index (χ4v) is 3.15. The number of carbonyl (C=O) groups excluding carboxylic acids is 1. The molecule has 0 fully saturated rings. The van der Waals surface area contributed by atoms with Crippen molar-refractivity contribution in [3.05, 3.63) is 34.9 Å². The SMILES string of the molecule is CCC(CC)(CC(=O)O)NC(=O)c1cccc2c1CCC2. The van der Waals surface area contributed by atoms with Gasteiger partial charge in [0, 0.05) is 5.56 Å². The van der Waals surface area contributed by atoms with E-state index in [0.29, 0.717) is 18.4 Å². The standard InChI is InChI=1S/C17H23NO3/c1-3-17(4-2,11-15(19)20)18-16(21)14-10-6-8-12-7-5-9-13(12)14/h6,8,10H,3-5,7,9,11H2,1-2H3,(H,18,21)(H,19,20). The zero-order chi connectivity index (χ0) is 15.5. The smallest absolute Gasteiger partial charge is 0.305 e. The van der Waals surface area contributed by atoms with Crippen molar-refractivity contribution in [1.29, 1.82) is 0 Å². The number of rotatable bonds is 6. The highest BCUT2D eigenvalue weighted by atomic mass is 16.4. The zero-order valence-corrected chi connectivity index (χ0v) is 12.7. The van der Waals surface area contributed by atoms with Crippen LogP contribution in [-0.2, 0) is 17.6 Å². The fraction of sp³-hybridized carbons (Fsp3) is 0.529. The van der Waals surface area contributed by atoms with Crippen LogP contribution in [0.3, 0.4) is 0 Å². The van der Waals surface area contributed by atoms with E-state index in [-0.39, 0.29) is 12.3 Å². The predicted molar refractivity (Wildman–Crippen MR) is 81.5 cm³/mol. The molecule has 2 N–H and O–H groups in total. The van der Waals surface area contributed by atoms with Crippen LogP contribution in [0.2, 0.25) is 0 Å². The van der Waals surface area contributed by atoms with Crippen LogP contribution in [0.15, 0.2) is 18.2 Å². The van der Waals surface area contributed by atoms with Gasteiger partial charge in [-0.05, 0) is 49.3 Å². The van der Waals surface area contributed by atoms with E-state index in [1.54, 1.807) is 0 Å². The quantitative estimate of drug-likeness (QED) is 0.846. The van der Waals surface area contributed by atoms with E-state index in [9.17, 15) is 9.59 Å². The van der Waals surface area contributed by atoms with Crippen LogP contribution >= 0.6 is 0 Å². The molecule has 0 unspecified atom stereocenters. The number of nitrogens with one attached hydrogen (secondary N) is 1. The Bertz CT molecular complexity index is 547. The maximum absolute atomic E-state index is 12.6. The molecule has 1 aromatic carbocycles. The number of hydrogen-bond donors (Lipinski definition) is 2. The number of hydrogen-bond acceptors (Lipinski definition) is 2. The Morgan fingerprint density at radius 1 is 1.24 bits per heavy atom. The Morgan fingerprint density at radius 3 is 2.57 bits per heavy atom. The maximum atomic E-state index is 12.6. The third-order valence-electron chi connectivity index (χ3n) is 4.61. The summed E-state index contributed by atoms with van der Waals surface area (Å²) in [6.45, 7) is 3.84. The third kappa shape index (κ3) is 3.26. The molecule has 0 atom stereocenters. The van der Waals surface area contributed by atoms with Crippen molar-refractivity contribution < 1.29 is 14.7 Å². The molecular weight excluding hydrogens is 266 g/mol. The molecule has 4 nitrogen and oxygen atoms in total. The van der Waals surface area contributed by atoms with Crippen LogP contribution in [0.5, 0.6) is 0 Å². The molecule has 21 heavy (non-hydrogen) atoms. The second-order valence-electron chi connectivity index (χ2n) is 5.81. The lowest BCUT2D eigenvalue weighted by atomic mass is 9.88. The fourth-order valence-electron chi connectivity index (χ4n) is 3.15. The number of amides is 1. The van der Waals surface area contributed by atoms with E-state index in [4.69, 9.17) is 5.11 Å². The Kier molecular flexibility index (Phi) is 4.66. The minimum absolute atomic E-state index is 0.0409. The van der Waals surface area contributed by atoms with Crippen molar-refractivity contribution >= 4 is 11.9 Å². The van der Waals surface area contributed by atoms with Gasteiger partial charge in [0.2, 0.25) is 0 Å². The molecule has 0 saturated carbocycles. The van der Waals surface area contributed by atoms with Crippen molar-refractivity contribution in [1.82, 2.24) is 5.32 Å². The largest absolute Gasteiger partial charge is 0.481 e. The first-order valence-corrected chi connectivity index (χ1v) is 7.66. The van der Waals surface area contributed by atoms with Crippen molar-refractivity contribution in [3.8, 4) is 0 Å². The number of fused-ring (bicyclic) bond motifs is 1. The number of carboxylic acids is 1. The molecule has 0 bridgehead atoms. The van der Waals surface area contributed by atoms with Gasteiger partial charge in [-0.15, -0.1) is 0 Å². The molecule has 2 rings (SSSR count). The van der Waals surface area contributed by atoms with E-state index in [0.717, 1.165) is 24.8 Å². The summed E-state index contributed by atoms with van der Waals surface area (Å²) in [4.78, 5) is 23.7. The van der Waals surface area contributed by atoms with Gasteiger partial charge in [0.15, 0.2) is 0 Å². The molecule has 1 aromatic rings. The van der Waals surface area contributed by atoms with E-state index in [2.05, 4.69) is 11.4 Å². The van der Waals surface area contributed by atoms with E-state index in [1.165, 1.54) is 5.56 Å². The first-order valence-electron chi connectivity index (χ1n) is 7.66. The van der Waals surface area contributed by atoms with Gasteiger partial charge in [0.1, 0.15) is 0 Å². The van der Waals surface area contributed by atoms with E-state index in [1.807, 2.05) is 26.0 Å². The molecule has 1 amide bonds. The minimum Gasteiger partial charge on any atom is -0.481 e. The van der Waals surface area contributed by atoms with Crippen LogP contribution in [0.1, 0.15) is 61.0 Å². The van der Waals surface area contributed by atoms with E-state index >= 15 is 0 Å². The summed E-state index contributed by atoms with van der Waals surface area (Å²) in [7, 11) is 0. The monoisotopic (exact) mass is 289 g/mol. The molecule has 1 aliphatic carbocycles. The lowest BCUT2D eigenvalue weighted by Crippen LogP contribution is -2.49. The molecule has 114 valence electrons. The highest BCUT2D eigenvalue weighted by Crippen LogP contribution is 2.27.